The number of para-hydroxylation sites is 1. The highest BCUT2D eigenvalue weighted by Crippen LogP contribution is 2.61. The van der Waals surface area contributed by atoms with Crippen molar-refractivity contribution in [3.8, 4) is 5.75 Å². The summed E-state index contributed by atoms with van der Waals surface area (Å²) < 4.78 is 42.6. The number of ether oxygens (including phenoxy) is 1. The number of halogens is 1. The number of nitrogens with zero attached hydrogens (tertiary/aromatic N) is 1. The fourth-order valence-corrected chi connectivity index (χ4v) is 4.56. The van der Waals surface area contributed by atoms with E-state index in [1.54, 1.807) is 12.1 Å². The lowest BCUT2D eigenvalue weighted by atomic mass is 10.2. The Morgan fingerprint density at radius 2 is 1.96 bits per heavy atom. The number of benzene rings is 2. The Morgan fingerprint density at radius 1 is 1.21 bits per heavy atom. The molecule has 0 amide bonds. The molecule has 3 N–H and O–H groups in total. The average Bonchev–Trinajstić information content (AvgIpc) is 2.56. The van der Waals surface area contributed by atoms with Gasteiger partial charge in [-0.05, 0) is 44.3 Å². The molecule has 1 aliphatic heterocycles. The molecule has 0 fully saturated rings. The van der Waals surface area contributed by atoms with Crippen molar-refractivity contribution in [1.29, 1.82) is 0 Å². The van der Waals surface area contributed by atoms with Crippen LogP contribution in [0.4, 0.5) is 15.8 Å². The Morgan fingerprint density at radius 3 is 2.67 bits per heavy atom. The Hall–Kier alpha value is -1.80. The second kappa shape index (κ2) is 6.98. The van der Waals surface area contributed by atoms with E-state index in [2.05, 4.69) is 5.32 Å². The third kappa shape index (κ3) is 3.21. The molecule has 0 saturated carbocycles. The van der Waals surface area contributed by atoms with Gasteiger partial charge in [-0.1, -0.05) is 29.0 Å². The zero-order valence-corrected chi connectivity index (χ0v) is 14.2. The maximum atomic E-state index is 13.6. The smallest absolute Gasteiger partial charge is 0.206 e. The van der Waals surface area contributed by atoms with E-state index in [0.29, 0.717) is 30.0 Å². The monoisotopic (exact) mass is 352 g/mol. The lowest BCUT2D eigenvalue weighted by Gasteiger charge is -2.51. The SMILES string of the molecule is CNCCC[C@@H]1Oc2cc(F)ccc2N(c2ccccc2)S1(O)O. The normalized spacial score (nSPS) is 20.2. The largest absolute Gasteiger partial charge is 0.466 e. The number of fused-ring (bicyclic) bond motifs is 1. The first-order valence-electron chi connectivity index (χ1n) is 7.77. The van der Waals surface area contributed by atoms with Crippen LogP contribution >= 0.6 is 10.8 Å². The quantitative estimate of drug-likeness (QED) is 0.698. The average molecular weight is 352 g/mol. The molecule has 5 nitrogen and oxygen atoms in total. The van der Waals surface area contributed by atoms with Crippen molar-refractivity contribution in [1.82, 2.24) is 5.32 Å². The highest BCUT2D eigenvalue weighted by atomic mass is 32.3. The van der Waals surface area contributed by atoms with Gasteiger partial charge in [0.25, 0.3) is 0 Å². The first-order chi connectivity index (χ1) is 11.5. The van der Waals surface area contributed by atoms with Gasteiger partial charge in [-0.3, -0.25) is 9.11 Å². The van der Waals surface area contributed by atoms with Crippen LogP contribution in [0.1, 0.15) is 12.8 Å². The minimum absolute atomic E-state index is 0.319. The van der Waals surface area contributed by atoms with Crippen LogP contribution in [-0.2, 0) is 0 Å². The van der Waals surface area contributed by atoms with Crippen molar-refractivity contribution >= 4 is 22.2 Å². The highest BCUT2D eigenvalue weighted by Gasteiger charge is 2.41. The second-order valence-corrected chi connectivity index (χ2v) is 7.61. The van der Waals surface area contributed by atoms with E-state index in [-0.39, 0.29) is 0 Å². The maximum absolute atomic E-state index is 13.6. The molecule has 1 aliphatic rings. The van der Waals surface area contributed by atoms with Crippen LogP contribution in [0.5, 0.6) is 5.75 Å². The lowest BCUT2D eigenvalue weighted by molar-refractivity contribution is 0.235. The number of anilines is 2. The molecule has 0 spiro atoms. The summed E-state index contributed by atoms with van der Waals surface area (Å²) in [6.45, 7) is 0.733. The Bertz CT molecular complexity index is 699. The highest BCUT2D eigenvalue weighted by molar-refractivity contribution is 8.26. The molecule has 3 rings (SSSR count). The third-order valence-electron chi connectivity index (χ3n) is 3.88. The van der Waals surface area contributed by atoms with E-state index < -0.39 is 22.0 Å². The van der Waals surface area contributed by atoms with Crippen LogP contribution in [0.2, 0.25) is 0 Å². The standard InChI is InChI=1S/C17H21FN2O3S/c1-19-11-5-8-17-23-16-12-13(18)9-10-15(16)20(24(17,21)22)14-6-3-2-4-7-14/h2-4,6-7,9-10,12,17,19,21-22H,5,8,11H2,1H3/t17-/m1/s1. The molecule has 7 heteroatoms. The molecule has 2 aromatic rings. The molecule has 0 unspecified atom stereocenters. The molecule has 0 saturated heterocycles. The Balaban J connectivity index is 2.03. The number of hydrogen-bond donors (Lipinski definition) is 3. The summed E-state index contributed by atoms with van der Waals surface area (Å²) in [5.41, 5.74) is 0.264. The van der Waals surface area contributed by atoms with Crippen LogP contribution in [0.15, 0.2) is 48.5 Å². The predicted octanol–water partition coefficient (Wildman–Crippen LogP) is 4.35. The number of hydrogen-bond acceptors (Lipinski definition) is 5. The molecule has 1 atom stereocenters. The van der Waals surface area contributed by atoms with Gasteiger partial charge in [0.2, 0.25) is 5.44 Å². The van der Waals surface area contributed by atoms with Gasteiger partial charge in [0.15, 0.2) is 5.75 Å². The Kier molecular flexibility index (Phi) is 4.96. The summed E-state index contributed by atoms with van der Waals surface area (Å²) in [4.78, 5) is 0. The lowest BCUT2D eigenvalue weighted by Crippen LogP contribution is -2.39. The van der Waals surface area contributed by atoms with Crippen molar-refractivity contribution in [2.45, 2.75) is 18.3 Å². The van der Waals surface area contributed by atoms with Gasteiger partial charge in [0.1, 0.15) is 11.5 Å². The van der Waals surface area contributed by atoms with E-state index in [0.717, 1.165) is 6.54 Å². The molecule has 0 aliphatic carbocycles. The molecule has 0 aromatic heterocycles. The Labute approximate surface area is 142 Å². The van der Waals surface area contributed by atoms with Gasteiger partial charge in [-0.2, -0.15) is 0 Å². The maximum Gasteiger partial charge on any atom is 0.206 e. The molecule has 0 radical (unpaired) electrons. The van der Waals surface area contributed by atoms with Crippen molar-refractivity contribution in [2.24, 2.45) is 0 Å². The zero-order valence-electron chi connectivity index (χ0n) is 13.4. The second-order valence-electron chi connectivity index (χ2n) is 5.60. The van der Waals surface area contributed by atoms with Gasteiger partial charge < -0.3 is 10.1 Å². The van der Waals surface area contributed by atoms with Crippen LogP contribution in [0, 0.1) is 5.82 Å². The van der Waals surface area contributed by atoms with Crippen molar-refractivity contribution in [2.75, 3.05) is 17.9 Å². The minimum atomic E-state index is -3.26. The fourth-order valence-electron chi connectivity index (χ4n) is 2.74. The molecule has 1 heterocycles. The van der Waals surface area contributed by atoms with Crippen molar-refractivity contribution < 1.29 is 18.2 Å². The van der Waals surface area contributed by atoms with Crippen LogP contribution in [-0.4, -0.2) is 28.1 Å². The van der Waals surface area contributed by atoms with Gasteiger partial charge in [-0.15, -0.1) is 0 Å². The van der Waals surface area contributed by atoms with Crippen molar-refractivity contribution in [3.05, 3.63) is 54.3 Å². The van der Waals surface area contributed by atoms with Gasteiger partial charge in [0, 0.05) is 12.5 Å². The summed E-state index contributed by atoms with van der Waals surface area (Å²) in [5.74, 6) is -0.103. The molecule has 130 valence electrons. The van der Waals surface area contributed by atoms with Crippen LogP contribution < -0.4 is 14.4 Å². The molecule has 0 bridgehead atoms. The van der Waals surface area contributed by atoms with Crippen LogP contribution in [0.3, 0.4) is 0 Å². The molecular weight excluding hydrogens is 331 g/mol. The third-order valence-corrected chi connectivity index (χ3v) is 5.86. The van der Waals surface area contributed by atoms with Gasteiger partial charge in [-0.25, -0.2) is 8.70 Å². The van der Waals surface area contributed by atoms with Crippen LogP contribution in [0.25, 0.3) is 0 Å². The summed E-state index contributed by atoms with van der Waals surface area (Å²) in [6.07, 6.45) is 1.16. The zero-order chi connectivity index (χ0) is 17.2. The first-order valence-corrected chi connectivity index (χ1v) is 9.34. The summed E-state index contributed by atoms with van der Waals surface area (Å²) in [6, 6.07) is 13.1. The molecule has 24 heavy (non-hydrogen) atoms. The molecule has 2 aromatic carbocycles. The van der Waals surface area contributed by atoms with E-state index >= 15 is 0 Å². The minimum Gasteiger partial charge on any atom is -0.466 e. The topological polar surface area (TPSA) is 65.0 Å². The van der Waals surface area contributed by atoms with Crippen molar-refractivity contribution in [3.63, 3.8) is 0 Å². The van der Waals surface area contributed by atoms with E-state index in [1.807, 2.05) is 25.2 Å². The van der Waals surface area contributed by atoms with E-state index in [4.69, 9.17) is 4.74 Å². The fraction of sp³-hybridized carbons (Fsp3) is 0.294. The van der Waals surface area contributed by atoms with Gasteiger partial charge in [0.05, 0.1) is 5.69 Å². The summed E-state index contributed by atoms with van der Waals surface area (Å²) >= 11 is 0. The first kappa shape index (κ1) is 17.0. The predicted molar refractivity (Wildman–Crippen MR) is 95.4 cm³/mol. The summed E-state index contributed by atoms with van der Waals surface area (Å²) in [7, 11) is -1.43. The van der Waals surface area contributed by atoms with E-state index in [1.165, 1.54) is 22.5 Å². The number of rotatable bonds is 5. The van der Waals surface area contributed by atoms with Gasteiger partial charge >= 0.3 is 0 Å². The number of nitrogens with one attached hydrogen (secondary N) is 1. The summed E-state index contributed by atoms with van der Waals surface area (Å²) in [5, 5.41) is 3.02. The van der Waals surface area contributed by atoms with E-state index in [9.17, 15) is 13.5 Å². The molecular formula is C17H21FN2O3S.